The molecule has 1 fully saturated rings. The van der Waals surface area contributed by atoms with Crippen LogP contribution in [0.25, 0.3) is 0 Å². The third kappa shape index (κ3) is 4.91. The molecular formula is C15H22O2S. The Hall–Kier alpha value is -0.670. The molecule has 2 nitrogen and oxygen atoms in total. The van der Waals surface area contributed by atoms with E-state index in [4.69, 9.17) is 4.74 Å². The van der Waals surface area contributed by atoms with Gasteiger partial charge >= 0.3 is 0 Å². The monoisotopic (exact) mass is 266 g/mol. The van der Waals surface area contributed by atoms with Crippen molar-refractivity contribution in [1.29, 1.82) is 0 Å². The highest BCUT2D eigenvalue weighted by Gasteiger charge is 2.13. The number of unbranched alkanes of at least 4 members (excludes halogenated alkanes) is 1. The zero-order valence-electron chi connectivity index (χ0n) is 10.9. The average Bonchev–Trinajstić information content (AvgIpc) is 2.89. The number of carbonyl (C=O) groups excluding carboxylic acids is 1. The van der Waals surface area contributed by atoms with E-state index in [-0.39, 0.29) is 0 Å². The molecule has 18 heavy (non-hydrogen) atoms. The molecule has 0 aromatic carbocycles. The minimum atomic E-state index is 0.389. The standard InChI is InChI=1S/C15H22O2S/c16-15(11-14-7-10-18-12-14)4-2-1-3-13-5-8-17-9-6-13/h7,10,12-13H,1-6,8-9,11H2. The third-order valence-electron chi connectivity index (χ3n) is 3.64. The zero-order chi connectivity index (χ0) is 12.6. The molecule has 0 atom stereocenters. The molecule has 0 spiro atoms. The second-order valence-corrected chi connectivity index (χ2v) is 5.93. The highest BCUT2D eigenvalue weighted by atomic mass is 32.1. The fourth-order valence-electron chi connectivity index (χ4n) is 2.50. The summed E-state index contributed by atoms with van der Waals surface area (Å²) in [5, 5.41) is 4.10. The van der Waals surface area contributed by atoms with Crippen molar-refractivity contribution in [1.82, 2.24) is 0 Å². The summed E-state index contributed by atoms with van der Waals surface area (Å²) in [4.78, 5) is 11.7. The second-order valence-electron chi connectivity index (χ2n) is 5.15. The van der Waals surface area contributed by atoms with Crippen molar-refractivity contribution in [3.63, 3.8) is 0 Å². The zero-order valence-corrected chi connectivity index (χ0v) is 11.7. The molecule has 2 rings (SSSR count). The first-order chi connectivity index (χ1) is 8.84. The molecule has 1 aromatic heterocycles. The van der Waals surface area contributed by atoms with Gasteiger partial charge in [-0.15, -0.1) is 0 Å². The number of rotatable bonds is 7. The van der Waals surface area contributed by atoms with Crippen LogP contribution in [0, 0.1) is 5.92 Å². The Labute approximate surface area is 113 Å². The quantitative estimate of drug-likeness (QED) is 0.701. The number of Topliss-reactive ketones (excluding diaryl/α,β-unsaturated/α-hetero) is 1. The van der Waals surface area contributed by atoms with Crippen LogP contribution in [0.15, 0.2) is 16.8 Å². The SMILES string of the molecule is O=C(CCCCC1CCOCC1)Cc1ccsc1. The van der Waals surface area contributed by atoms with Crippen molar-refractivity contribution in [2.45, 2.75) is 44.9 Å². The number of carbonyl (C=O) groups is 1. The van der Waals surface area contributed by atoms with E-state index >= 15 is 0 Å². The van der Waals surface area contributed by atoms with Crippen molar-refractivity contribution in [2.75, 3.05) is 13.2 Å². The van der Waals surface area contributed by atoms with Gasteiger partial charge in [0.05, 0.1) is 0 Å². The minimum absolute atomic E-state index is 0.389. The molecule has 0 unspecified atom stereocenters. The van der Waals surface area contributed by atoms with Crippen LogP contribution < -0.4 is 0 Å². The van der Waals surface area contributed by atoms with Gasteiger partial charge in [-0.1, -0.05) is 12.8 Å². The molecule has 1 aliphatic heterocycles. The first-order valence-corrected chi connectivity index (χ1v) is 7.89. The third-order valence-corrected chi connectivity index (χ3v) is 4.37. The Bertz CT molecular complexity index is 339. The maximum Gasteiger partial charge on any atom is 0.137 e. The molecule has 0 radical (unpaired) electrons. The van der Waals surface area contributed by atoms with Gasteiger partial charge in [-0.25, -0.2) is 0 Å². The Balaban J connectivity index is 1.53. The normalized spacial score (nSPS) is 16.9. The Morgan fingerprint density at radius 3 is 2.89 bits per heavy atom. The molecule has 0 N–H and O–H groups in total. The highest BCUT2D eigenvalue weighted by molar-refractivity contribution is 7.07. The van der Waals surface area contributed by atoms with Crippen molar-refractivity contribution < 1.29 is 9.53 Å². The minimum Gasteiger partial charge on any atom is -0.381 e. The van der Waals surface area contributed by atoms with E-state index in [0.717, 1.165) is 32.0 Å². The summed E-state index contributed by atoms with van der Waals surface area (Å²) in [5.41, 5.74) is 1.18. The number of ether oxygens (including phenoxy) is 1. The van der Waals surface area contributed by atoms with Crippen LogP contribution in [-0.2, 0) is 16.0 Å². The summed E-state index contributed by atoms with van der Waals surface area (Å²) in [6.07, 6.45) is 7.32. The average molecular weight is 266 g/mol. The Morgan fingerprint density at radius 1 is 1.33 bits per heavy atom. The van der Waals surface area contributed by atoms with Crippen LogP contribution in [0.2, 0.25) is 0 Å². The maximum atomic E-state index is 11.7. The van der Waals surface area contributed by atoms with E-state index in [1.807, 2.05) is 11.4 Å². The van der Waals surface area contributed by atoms with Crippen LogP contribution in [0.4, 0.5) is 0 Å². The van der Waals surface area contributed by atoms with Crippen molar-refractivity contribution in [3.8, 4) is 0 Å². The predicted octanol–water partition coefficient (Wildman–Crippen LogP) is 3.85. The van der Waals surface area contributed by atoms with E-state index < -0.39 is 0 Å². The fraction of sp³-hybridized carbons (Fsp3) is 0.667. The summed E-state index contributed by atoms with van der Waals surface area (Å²) >= 11 is 1.66. The molecule has 1 aliphatic rings. The van der Waals surface area contributed by atoms with Gasteiger partial charge in [0, 0.05) is 26.1 Å². The van der Waals surface area contributed by atoms with Crippen molar-refractivity contribution >= 4 is 17.1 Å². The van der Waals surface area contributed by atoms with E-state index in [9.17, 15) is 4.79 Å². The summed E-state index contributed by atoms with van der Waals surface area (Å²) < 4.78 is 5.35. The van der Waals surface area contributed by atoms with Crippen LogP contribution in [-0.4, -0.2) is 19.0 Å². The summed E-state index contributed by atoms with van der Waals surface area (Å²) in [7, 11) is 0. The number of thiophene rings is 1. The molecule has 1 aromatic rings. The molecule has 2 heterocycles. The molecule has 0 saturated carbocycles. The highest BCUT2D eigenvalue weighted by Crippen LogP contribution is 2.21. The Kier molecular flexibility index (Phi) is 5.88. The van der Waals surface area contributed by atoms with Gasteiger partial charge in [0.2, 0.25) is 0 Å². The largest absolute Gasteiger partial charge is 0.381 e. The lowest BCUT2D eigenvalue weighted by molar-refractivity contribution is -0.118. The first-order valence-electron chi connectivity index (χ1n) is 6.95. The molecule has 1 saturated heterocycles. The van der Waals surface area contributed by atoms with Gasteiger partial charge in [-0.3, -0.25) is 4.79 Å². The van der Waals surface area contributed by atoms with Gasteiger partial charge in [0.15, 0.2) is 0 Å². The molecular weight excluding hydrogens is 244 g/mol. The van der Waals surface area contributed by atoms with Crippen LogP contribution >= 0.6 is 11.3 Å². The number of ketones is 1. The van der Waals surface area contributed by atoms with Gasteiger partial charge in [-0.2, -0.15) is 11.3 Å². The van der Waals surface area contributed by atoms with Crippen molar-refractivity contribution in [3.05, 3.63) is 22.4 Å². The van der Waals surface area contributed by atoms with Gasteiger partial charge in [-0.05, 0) is 47.6 Å². The van der Waals surface area contributed by atoms with E-state index in [1.165, 1.54) is 31.2 Å². The lowest BCUT2D eigenvalue weighted by Crippen LogP contribution is -2.15. The molecule has 0 aliphatic carbocycles. The molecule has 0 amide bonds. The maximum absolute atomic E-state index is 11.7. The molecule has 0 bridgehead atoms. The Morgan fingerprint density at radius 2 is 2.17 bits per heavy atom. The van der Waals surface area contributed by atoms with E-state index in [1.54, 1.807) is 11.3 Å². The molecule has 3 heteroatoms. The van der Waals surface area contributed by atoms with Gasteiger partial charge in [0.1, 0.15) is 5.78 Å². The van der Waals surface area contributed by atoms with Crippen molar-refractivity contribution in [2.24, 2.45) is 5.92 Å². The van der Waals surface area contributed by atoms with Crippen LogP contribution in [0.3, 0.4) is 0 Å². The van der Waals surface area contributed by atoms with Crippen LogP contribution in [0.1, 0.15) is 44.1 Å². The van der Waals surface area contributed by atoms with Gasteiger partial charge in [0.25, 0.3) is 0 Å². The summed E-state index contributed by atoms with van der Waals surface area (Å²) in [6.45, 7) is 1.86. The number of hydrogen-bond acceptors (Lipinski definition) is 3. The summed E-state index contributed by atoms with van der Waals surface area (Å²) in [6, 6.07) is 2.05. The second kappa shape index (κ2) is 7.70. The van der Waals surface area contributed by atoms with E-state index in [2.05, 4.69) is 5.38 Å². The lowest BCUT2D eigenvalue weighted by atomic mass is 9.93. The van der Waals surface area contributed by atoms with E-state index in [0.29, 0.717) is 12.2 Å². The predicted molar refractivity (Wildman–Crippen MR) is 75.0 cm³/mol. The fourth-order valence-corrected chi connectivity index (χ4v) is 3.17. The lowest BCUT2D eigenvalue weighted by Gasteiger charge is -2.21. The van der Waals surface area contributed by atoms with Gasteiger partial charge < -0.3 is 4.74 Å². The summed E-state index contributed by atoms with van der Waals surface area (Å²) in [5.74, 6) is 1.23. The van der Waals surface area contributed by atoms with Crippen LogP contribution in [0.5, 0.6) is 0 Å². The number of hydrogen-bond donors (Lipinski definition) is 0. The molecule has 100 valence electrons. The topological polar surface area (TPSA) is 26.3 Å². The smallest absolute Gasteiger partial charge is 0.137 e. The first kappa shape index (κ1) is 13.8.